The number of hydrogen-bond acceptors (Lipinski definition) is 3. The van der Waals surface area contributed by atoms with E-state index in [0.29, 0.717) is 43.3 Å². The molecule has 7 heteroatoms. The number of nitrogens with zero attached hydrogens (tertiary/aromatic N) is 3. The zero-order chi connectivity index (χ0) is 17.6. The molecule has 1 saturated heterocycles. The van der Waals surface area contributed by atoms with Crippen LogP contribution in [0.5, 0.6) is 0 Å². The summed E-state index contributed by atoms with van der Waals surface area (Å²) in [6, 6.07) is 10.5. The van der Waals surface area contributed by atoms with E-state index in [1.807, 2.05) is 12.1 Å². The predicted molar refractivity (Wildman–Crippen MR) is 95.4 cm³/mol. The first kappa shape index (κ1) is 17.2. The lowest BCUT2D eigenvalue weighted by atomic mass is 10.2. The minimum Gasteiger partial charge on any atom is -0.335 e. The molecule has 3 amide bonds. The Morgan fingerprint density at radius 3 is 2.20 bits per heavy atom. The van der Waals surface area contributed by atoms with Crippen molar-refractivity contribution in [1.29, 1.82) is 0 Å². The second-order valence-electron chi connectivity index (χ2n) is 5.80. The molecule has 0 unspecified atom stereocenters. The number of halogens is 1. The van der Waals surface area contributed by atoms with Crippen LogP contribution >= 0.6 is 11.6 Å². The monoisotopic (exact) mass is 358 g/mol. The summed E-state index contributed by atoms with van der Waals surface area (Å²) in [5, 5.41) is 3.50. The topological polar surface area (TPSA) is 65.5 Å². The first-order chi connectivity index (χ1) is 12.1. The number of piperazine rings is 1. The molecule has 130 valence electrons. The maximum absolute atomic E-state index is 12.5. The summed E-state index contributed by atoms with van der Waals surface area (Å²) in [5.41, 5.74) is 1.61. The summed E-state index contributed by atoms with van der Waals surface area (Å²) in [6.07, 6.45) is 3.39. The van der Waals surface area contributed by atoms with E-state index in [1.54, 1.807) is 46.5 Å². The van der Waals surface area contributed by atoms with Gasteiger partial charge in [-0.3, -0.25) is 9.78 Å². The summed E-state index contributed by atoms with van der Waals surface area (Å²) in [7, 11) is 0. The molecule has 25 heavy (non-hydrogen) atoms. The van der Waals surface area contributed by atoms with Crippen LogP contribution in [-0.2, 0) is 6.54 Å². The van der Waals surface area contributed by atoms with Crippen LogP contribution in [0.25, 0.3) is 0 Å². The lowest BCUT2D eigenvalue weighted by Gasteiger charge is -2.34. The van der Waals surface area contributed by atoms with Crippen LogP contribution in [0.15, 0.2) is 48.8 Å². The minimum absolute atomic E-state index is 0.0338. The van der Waals surface area contributed by atoms with Crippen LogP contribution in [0.2, 0.25) is 5.02 Å². The number of benzene rings is 1. The summed E-state index contributed by atoms with van der Waals surface area (Å²) in [4.78, 5) is 32.1. The summed E-state index contributed by atoms with van der Waals surface area (Å²) in [6.45, 7) is 2.53. The number of nitrogens with one attached hydrogen (secondary N) is 1. The van der Waals surface area contributed by atoms with E-state index in [-0.39, 0.29) is 11.9 Å². The van der Waals surface area contributed by atoms with Crippen molar-refractivity contribution in [2.24, 2.45) is 0 Å². The van der Waals surface area contributed by atoms with Crippen molar-refractivity contribution < 1.29 is 9.59 Å². The Bertz CT molecular complexity index is 729. The normalized spacial score (nSPS) is 14.3. The van der Waals surface area contributed by atoms with Gasteiger partial charge in [0.1, 0.15) is 0 Å². The Morgan fingerprint density at radius 2 is 1.56 bits per heavy atom. The fourth-order valence-electron chi connectivity index (χ4n) is 2.68. The summed E-state index contributed by atoms with van der Waals surface area (Å²) in [5.74, 6) is -0.0338. The third-order valence-corrected chi connectivity index (χ3v) is 4.39. The van der Waals surface area contributed by atoms with Crippen LogP contribution in [0.4, 0.5) is 4.79 Å². The molecule has 1 aromatic carbocycles. The molecule has 1 aliphatic heterocycles. The van der Waals surface area contributed by atoms with Crippen LogP contribution in [0.1, 0.15) is 15.9 Å². The largest absolute Gasteiger partial charge is 0.335 e. The Labute approximate surface area is 151 Å². The van der Waals surface area contributed by atoms with Crippen molar-refractivity contribution in [2.45, 2.75) is 6.54 Å². The number of carbonyl (C=O) groups excluding carboxylic acids is 2. The van der Waals surface area contributed by atoms with Crippen molar-refractivity contribution in [3.8, 4) is 0 Å². The maximum Gasteiger partial charge on any atom is 0.317 e. The van der Waals surface area contributed by atoms with Crippen LogP contribution in [-0.4, -0.2) is 52.9 Å². The van der Waals surface area contributed by atoms with E-state index in [0.717, 1.165) is 5.56 Å². The Hall–Kier alpha value is -2.60. The van der Waals surface area contributed by atoms with Gasteiger partial charge in [0.05, 0.1) is 0 Å². The van der Waals surface area contributed by atoms with E-state index >= 15 is 0 Å². The molecule has 2 aromatic rings. The van der Waals surface area contributed by atoms with Gasteiger partial charge in [-0.15, -0.1) is 0 Å². The van der Waals surface area contributed by atoms with Gasteiger partial charge in [0, 0.05) is 55.7 Å². The van der Waals surface area contributed by atoms with Gasteiger partial charge in [0.2, 0.25) is 0 Å². The second kappa shape index (κ2) is 7.98. The summed E-state index contributed by atoms with van der Waals surface area (Å²) >= 11 is 5.85. The molecule has 0 bridgehead atoms. The van der Waals surface area contributed by atoms with E-state index in [4.69, 9.17) is 11.6 Å². The molecule has 0 atom stereocenters. The number of hydrogen-bond donors (Lipinski definition) is 1. The Kier molecular flexibility index (Phi) is 5.50. The van der Waals surface area contributed by atoms with Crippen molar-refractivity contribution in [3.63, 3.8) is 0 Å². The molecule has 2 heterocycles. The zero-order valence-corrected chi connectivity index (χ0v) is 14.4. The van der Waals surface area contributed by atoms with E-state index < -0.39 is 0 Å². The molecule has 1 aromatic heterocycles. The van der Waals surface area contributed by atoms with E-state index in [9.17, 15) is 9.59 Å². The van der Waals surface area contributed by atoms with Crippen LogP contribution < -0.4 is 5.32 Å². The van der Waals surface area contributed by atoms with E-state index in [1.165, 1.54) is 0 Å². The highest BCUT2D eigenvalue weighted by molar-refractivity contribution is 6.30. The standard InChI is InChI=1S/C18H19ClN4O2/c19-16-3-1-15(2-4-16)17(24)22-9-11-23(12-10-22)18(25)21-13-14-5-7-20-8-6-14/h1-8H,9-13H2,(H,21,25). The van der Waals surface area contributed by atoms with Crippen molar-refractivity contribution in [1.82, 2.24) is 20.1 Å². The lowest BCUT2D eigenvalue weighted by molar-refractivity contribution is 0.0665. The zero-order valence-electron chi connectivity index (χ0n) is 13.7. The fraction of sp³-hybridized carbons (Fsp3) is 0.278. The quantitative estimate of drug-likeness (QED) is 0.916. The van der Waals surface area contributed by atoms with Crippen LogP contribution in [0, 0.1) is 0 Å². The van der Waals surface area contributed by atoms with Crippen molar-refractivity contribution in [2.75, 3.05) is 26.2 Å². The predicted octanol–water partition coefficient (Wildman–Crippen LogP) is 2.40. The smallest absolute Gasteiger partial charge is 0.317 e. The number of rotatable bonds is 3. The van der Waals surface area contributed by atoms with Gasteiger partial charge < -0.3 is 15.1 Å². The fourth-order valence-corrected chi connectivity index (χ4v) is 2.80. The first-order valence-electron chi connectivity index (χ1n) is 8.10. The maximum atomic E-state index is 12.5. The molecule has 0 saturated carbocycles. The Balaban J connectivity index is 1.48. The number of aromatic nitrogens is 1. The molecule has 1 fully saturated rings. The SMILES string of the molecule is O=C(NCc1ccncc1)N1CCN(C(=O)c2ccc(Cl)cc2)CC1. The molecule has 1 aliphatic rings. The third-order valence-electron chi connectivity index (χ3n) is 4.14. The Morgan fingerprint density at radius 1 is 0.960 bits per heavy atom. The molecule has 0 radical (unpaired) electrons. The molecular formula is C18H19ClN4O2. The highest BCUT2D eigenvalue weighted by Gasteiger charge is 2.24. The number of urea groups is 1. The highest BCUT2D eigenvalue weighted by Crippen LogP contribution is 2.13. The lowest BCUT2D eigenvalue weighted by Crippen LogP contribution is -2.53. The highest BCUT2D eigenvalue weighted by atomic mass is 35.5. The van der Waals surface area contributed by atoms with Crippen molar-refractivity contribution >= 4 is 23.5 Å². The minimum atomic E-state index is -0.115. The van der Waals surface area contributed by atoms with Gasteiger partial charge in [-0.25, -0.2) is 4.79 Å². The number of pyridine rings is 1. The molecule has 3 rings (SSSR count). The number of carbonyl (C=O) groups is 2. The molecule has 6 nitrogen and oxygen atoms in total. The molecule has 1 N–H and O–H groups in total. The molecular weight excluding hydrogens is 340 g/mol. The van der Waals surface area contributed by atoms with Gasteiger partial charge in [-0.05, 0) is 42.0 Å². The van der Waals surface area contributed by atoms with Gasteiger partial charge in [0.25, 0.3) is 5.91 Å². The van der Waals surface area contributed by atoms with Gasteiger partial charge >= 0.3 is 6.03 Å². The third kappa shape index (κ3) is 4.48. The summed E-state index contributed by atoms with van der Waals surface area (Å²) < 4.78 is 0. The van der Waals surface area contributed by atoms with Gasteiger partial charge in [0.15, 0.2) is 0 Å². The van der Waals surface area contributed by atoms with Gasteiger partial charge in [-0.1, -0.05) is 11.6 Å². The van der Waals surface area contributed by atoms with Gasteiger partial charge in [-0.2, -0.15) is 0 Å². The van der Waals surface area contributed by atoms with Crippen LogP contribution in [0.3, 0.4) is 0 Å². The van der Waals surface area contributed by atoms with E-state index in [2.05, 4.69) is 10.3 Å². The number of amides is 3. The first-order valence-corrected chi connectivity index (χ1v) is 8.48. The average Bonchev–Trinajstić information content (AvgIpc) is 2.67. The molecule has 0 spiro atoms. The van der Waals surface area contributed by atoms with Crippen molar-refractivity contribution in [3.05, 3.63) is 64.9 Å². The molecule has 0 aliphatic carbocycles. The second-order valence-corrected chi connectivity index (χ2v) is 6.24. The average molecular weight is 359 g/mol.